The van der Waals surface area contributed by atoms with E-state index in [1.165, 1.54) is 30.6 Å². The zero-order valence-corrected chi connectivity index (χ0v) is 13.4. The molecule has 0 saturated heterocycles. The Bertz CT molecular complexity index is 394. The highest BCUT2D eigenvalue weighted by Crippen LogP contribution is 2.37. The smallest absolute Gasteiger partial charge is 0.0417 e. The Hall–Kier alpha value is -0.180. The van der Waals surface area contributed by atoms with E-state index in [4.69, 9.17) is 11.6 Å². The lowest BCUT2D eigenvalue weighted by atomic mass is 9.87. The summed E-state index contributed by atoms with van der Waals surface area (Å²) in [4.78, 5) is 1.30. The van der Waals surface area contributed by atoms with Gasteiger partial charge < -0.3 is 5.32 Å². The van der Waals surface area contributed by atoms with Gasteiger partial charge in [0.2, 0.25) is 0 Å². The van der Waals surface area contributed by atoms with Crippen molar-refractivity contribution in [3.8, 4) is 0 Å². The van der Waals surface area contributed by atoms with E-state index in [0.29, 0.717) is 11.3 Å². The maximum absolute atomic E-state index is 6.08. The largest absolute Gasteiger partial charge is 0.313 e. The molecule has 1 nitrogen and oxygen atoms in total. The number of nitrogens with one attached hydrogen (secondary N) is 1. The maximum atomic E-state index is 6.08. The van der Waals surface area contributed by atoms with Crippen LogP contribution in [0, 0.1) is 5.92 Å². The summed E-state index contributed by atoms with van der Waals surface area (Å²) >= 11 is 8.08. The molecule has 0 spiro atoms. The van der Waals surface area contributed by atoms with E-state index in [2.05, 4.69) is 31.3 Å². The highest BCUT2D eigenvalue weighted by Gasteiger charge is 2.28. The van der Waals surface area contributed by atoms with E-state index in [1.807, 2.05) is 23.9 Å². The van der Waals surface area contributed by atoms with Crippen LogP contribution < -0.4 is 5.32 Å². The van der Waals surface area contributed by atoms with Gasteiger partial charge in [-0.15, -0.1) is 11.8 Å². The first-order valence-corrected chi connectivity index (χ1v) is 8.60. The number of halogens is 1. The van der Waals surface area contributed by atoms with Crippen LogP contribution in [0.3, 0.4) is 0 Å². The Morgan fingerprint density at radius 2 is 2.21 bits per heavy atom. The average Bonchev–Trinajstić information content (AvgIpc) is 2.38. The molecule has 0 heterocycles. The second kappa shape index (κ2) is 7.56. The van der Waals surface area contributed by atoms with Crippen LogP contribution in [0.4, 0.5) is 0 Å². The predicted octanol–water partition coefficient (Wildman–Crippen LogP) is 4.99. The fraction of sp³-hybridized carbons (Fsp3) is 0.625. The molecule has 1 aromatic rings. The Morgan fingerprint density at radius 1 is 1.37 bits per heavy atom. The number of hydrogen-bond acceptors (Lipinski definition) is 2. The van der Waals surface area contributed by atoms with Crippen molar-refractivity contribution in [3.05, 3.63) is 29.3 Å². The fourth-order valence-electron chi connectivity index (χ4n) is 2.74. The van der Waals surface area contributed by atoms with Gasteiger partial charge in [0.1, 0.15) is 0 Å². The molecule has 1 aromatic carbocycles. The third-order valence-corrected chi connectivity index (χ3v) is 5.38. The van der Waals surface area contributed by atoms with Crippen molar-refractivity contribution in [1.29, 1.82) is 0 Å². The van der Waals surface area contributed by atoms with Crippen LogP contribution in [0.15, 0.2) is 29.2 Å². The fourth-order valence-corrected chi connectivity index (χ4v) is 4.52. The summed E-state index contributed by atoms with van der Waals surface area (Å²) in [5.74, 6) is 0.844. The molecule has 2 rings (SSSR count). The van der Waals surface area contributed by atoms with E-state index in [1.54, 1.807) is 0 Å². The lowest BCUT2D eigenvalue weighted by Gasteiger charge is -2.35. The van der Waals surface area contributed by atoms with E-state index < -0.39 is 0 Å². The topological polar surface area (TPSA) is 12.0 Å². The summed E-state index contributed by atoms with van der Waals surface area (Å²) in [6.45, 7) is 5.74. The SMILES string of the molecule is CCCNC1CCC(C)CC1Sc1cccc(Cl)c1. The number of rotatable bonds is 5. The first-order valence-electron chi connectivity index (χ1n) is 7.34. The van der Waals surface area contributed by atoms with Crippen LogP contribution in [-0.4, -0.2) is 17.8 Å². The molecule has 1 saturated carbocycles. The minimum Gasteiger partial charge on any atom is -0.313 e. The van der Waals surface area contributed by atoms with Gasteiger partial charge in [0.15, 0.2) is 0 Å². The third-order valence-electron chi connectivity index (χ3n) is 3.79. The molecule has 3 unspecified atom stereocenters. The monoisotopic (exact) mass is 297 g/mol. The highest BCUT2D eigenvalue weighted by atomic mass is 35.5. The molecule has 0 radical (unpaired) electrons. The minimum absolute atomic E-state index is 0.653. The standard InChI is InChI=1S/C16H24ClNS/c1-3-9-18-15-8-7-12(2)10-16(15)19-14-6-4-5-13(17)11-14/h4-6,11-12,15-16,18H,3,7-10H2,1-2H3. The normalized spacial score (nSPS) is 27.4. The second-order valence-electron chi connectivity index (χ2n) is 5.59. The van der Waals surface area contributed by atoms with E-state index in [-0.39, 0.29) is 0 Å². The highest BCUT2D eigenvalue weighted by molar-refractivity contribution is 8.00. The molecule has 0 amide bonds. The van der Waals surface area contributed by atoms with Crippen molar-refractivity contribution >= 4 is 23.4 Å². The van der Waals surface area contributed by atoms with Crippen molar-refractivity contribution < 1.29 is 0 Å². The summed E-state index contributed by atoms with van der Waals surface area (Å²) in [5, 5.41) is 5.24. The van der Waals surface area contributed by atoms with Gasteiger partial charge in [0.25, 0.3) is 0 Å². The molecule has 1 N–H and O–H groups in total. The molecule has 1 aliphatic carbocycles. The lowest BCUT2D eigenvalue weighted by Crippen LogP contribution is -2.42. The maximum Gasteiger partial charge on any atom is 0.0417 e. The first-order chi connectivity index (χ1) is 9.19. The Morgan fingerprint density at radius 3 is 2.95 bits per heavy atom. The third kappa shape index (κ3) is 4.70. The number of thioether (sulfide) groups is 1. The van der Waals surface area contributed by atoms with Crippen molar-refractivity contribution in [1.82, 2.24) is 5.32 Å². The van der Waals surface area contributed by atoms with Gasteiger partial charge in [-0.1, -0.05) is 31.5 Å². The molecule has 0 bridgehead atoms. The predicted molar refractivity (Wildman–Crippen MR) is 86.2 cm³/mol. The van der Waals surface area contributed by atoms with Crippen LogP contribution in [0.1, 0.15) is 39.5 Å². The van der Waals surface area contributed by atoms with Crippen molar-refractivity contribution in [3.63, 3.8) is 0 Å². The van der Waals surface area contributed by atoms with Crippen LogP contribution in [0.25, 0.3) is 0 Å². The van der Waals surface area contributed by atoms with Gasteiger partial charge in [-0.25, -0.2) is 0 Å². The molecule has 3 heteroatoms. The molecule has 0 aliphatic heterocycles. The summed E-state index contributed by atoms with van der Waals surface area (Å²) in [6, 6.07) is 8.91. The van der Waals surface area contributed by atoms with Gasteiger partial charge in [0.05, 0.1) is 0 Å². The molecule has 1 aliphatic rings. The summed E-state index contributed by atoms with van der Waals surface area (Å²) < 4.78 is 0. The van der Waals surface area contributed by atoms with Crippen molar-refractivity contribution in [2.24, 2.45) is 5.92 Å². The molecular weight excluding hydrogens is 274 g/mol. The van der Waals surface area contributed by atoms with E-state index in [9.17, 15) is 0 Å². The summed E-state index contributed by atoms with van der Waals surface area (Å²) in [7, 11) is 0. The van der Waals surface area contributed by atoms with Crippen molar-refractivity contribution in [2.75, 3.05) is 6.54 Å². The zero-order valence-electron chi connectivity index (χ0n) is 11.9. The average molecular weight is 298 g/mol. The summed E-state index contributed by atoms with van der Waals surface area (Å²) in [5.41, 5.74) is 0. The van der Waals surface area contributed by atoms with Crippen molar-refractivity contribution in [2.45, 2.75) is 55.7 Å². The Labute approximate surface area is 126 Å². The van der Waals surface area contributed by atoms with Gasteiger partial charge >= 0.3 is 0 Å². The molecule has 1 fully saturated rings. The number of benzene rings is 1. The van der Waals surface area contributed by atoms with Crippen LogP contribution >= 0.6 is 23.4 Å². The molecule has 3 atom stereocenters. The molecule has 106 valence electrons. The lowest BCUT2D eigenvalue weighted by molar-refractivity contribution is 0.317. The van der Waals surface area contributed by atoms with Crippen LogP contribution in [0.5, 0.6) is 0 Å². The Balaban J connectivity index is 2.00. The van der Waals surface area contributed by atoms with Crippen LogP contribution in [-0.2, 0) is 0 Å². The van der Waals surface area contributed by atoms with Crippen LogP contribution in [0.2, 0.25) is 5.02 Å². The van der Waals surface area contributed by atoms with Gasteiger partial charge in [-0.05, 0) is 56.3 Å². The summed E-state index contributed by atoms with van der Waals surface area (Å²) in [6.07, 6.45) is 5.17. The van der Waals surface area contributed by atoms with E-state index >= 15 is 0 Å². The molecule has 0 aromatic heterocycles. The van der Waals surface area contributed by atoms with Gasteiger partial charge in [-0.2, -0.15) is 0 Å². The quantitative estimate of drug-likeness (QED) is 0.822. The molecular formula is C16H24ClNS. The number of hydrogen-bond donors (Lipinski definition) is 1. The minimum atomic E-state index is 0.653. The van der Waals surface area contributed by atoms with Gasteiger partial charge in [0, 0.05) is 21.2 Å². The van der Waals surface area contributed by atoms with E-state index in [0.717, 1.165) is 17.5 Å². The molecule has 19 heavy (non-hydrogen) atoms. The first kappa shape index (κ1) is 15.2. The second-order valence-corrected chi connectivity index (χ2v) is 7.34. The van der Waals surface area contributed by atoms with Gasteiger partial charge in [-0.3, -0.25) is 0 Å². The zero-order chi connectivity index (χ0) is 13.7. The Kier molecular flexibility index (Phi) is 6.06.